The van der Waals surface area contributed by atoms with E-state index in [-0.39, 0.29) is 6.54 Å². The van der Waals surface area contributed by atoms with Gasteiger partial charge in [0.25, 0.3) is 0 Å². The minimum absolute atomic E-state index is 0.173. The Morgan fingerprint density at radius 3 is 2.73 bits per heavy atom. The number of hydrogen-bond donors (Lipinski definition) is 1. The van der Waals surface area contributed by atoms with Crippen molar-refractivity contribution in [1.82, 2.24) is 4.31 Å². The van der Waals surface area contributed by atoms with Crippen LogP contribution in [0.3, 0.4) is 0 Å². The largest absolute Gasteiger partial charge is 0.497 e. The summed E-state index contributed by atoms with van der Waals surface area (Å²) in [6, 6.07) is 11.1. The Morgan fingerprint density at radius 1 is 1.23 bits per heavy atom. The van der Waals surface area contributed by atoms with E-state index in [1.807, 2.05) is 0 Å². The van der Waals surface area contributed by atoms with Gasteiger partial charge in [0.2, 0.25) is 15.9 Å². The summed E-state index contributed by atoms with van der Waals surface area (Å²) in [6.45, 7) is 0.173. The van der Waals surface area contributed by atoms with Crippen LogP contribution in [-0.4, -0.2) is 38.3 Å². The second kappa shape index (κ2) is 7.43. The first-order valence-electron chi connectivity index (χ1n) is 8.15. The number of carbonyl (C=O) groups excluding carboxylic acids is 1. The molecule has 1 amide bonds. The second-order valence-corrected chi connectivity index (χ2v) is 7.78. The van der Waals surface area contributed by atoms with Crippen LogP contribution < -0.4 is 10.1 Å². The van der Waals surface area contributed by atoms with Crippen molar-refractivity contribution in [2.75, 3.05) is 19.0 Å². The minimum atomic E-state index is -4.10. The predicted molar refractivity (Wildman–Crippen MR) is 94.9 cm³/mol. The molecule has 6 nitrogen and oxygen atoms in total. The van der Waals surface area contributed by atoms with Crippen LogP contribution in [0.5, 0.6) is 5.75 Å². The number of amides is 1. The molecule has 0 aliphatic carbocycles. The average Bonchev–Trinajstić information content (AvgIpc) is 3.13. The average molecular weight is 378 g/mol. The standard InChI is InChI=1S/C18H19FN2O4S/c1-25-14-7-4-6-13(12-14)20-18(22)16-9-5-11-21(16)26(23,24)17-10-3-2-8-15(17)19/h2-4,6-8,10,12,16H,5,9,11H2,1H3,(H,20,22). The third kappa shape index (κ3) is 3.56. The molecule has 1 atom stereocenters. The van der Waals surface area contributed by atoms with Crippen LogP contribution in [0.4, 0.5) is 10.1 Å². The van der Waals surface area contributed by atoms with E-state index in [0.717, 1.165) is 10.4 Å². The van der Waals surface area contributed by atoms with Gasteiger partial charge in [0.05, 0.1) is 7.11 Å². The van der Waals surface area contributed by atoms with E-state index in [1.165, 1.54) is 25.3 Å². The highest BCUT2D eigenvalue weighted by Crippen LogP contribution is 2.28. The van der Waals surface area contributed by atoms with E-state index in [2.05, 4.69) is 5.32 Å². The van der Waals surface area contributed by atoms with Gasteiger partial charge in [0.15, 0.2) is 0 Å². The number of anilines is 1. The predicted octanol–water partition coefficient (Wildman–Crippen LogP) is 2.63. The van der Waals surface area contributed by atoms with Crippen molar-refractivity contribution < 1.29 is 22.3 Å². The molecule has 0 spiro atoms. The lowest BCUT2D eigenvalue weighted by Crippen LogP contribution is -2.43. The van der Waals surface area contributed by atoms with E-state index in [9.17, 15) is 17.6 Å². The van der Waals surface area contributed by atoms with Crippen molar-refractivity contribution in [3.05, 3.63) is 54.3 Å². The van der Waals surface area contributed by atoms with Gasteiger partial charge in [-0.1, -0.05) is 18.2 Å². The van der Waals surface area contributed by atoms with E-state index in [1.54, 1.807) is 24.3 Å². The molecule has 1 heterocycles. The van der Waals surface area contributed by atoms with Crippen molar-refractivity contribution in [2.24, 2.45) is 0 Å². The van der Waals surface area contributed by atoms with Crippen molar-refractivity contribution in [3.8, 4) is 5.75 Å². The van der Waals surface area contributed by atoms with E-state index < -0.39 is 32.7 Å². The van der Waals surface area contributed by atoms with Crippen molar-refractivity contribution in [3.63, 3.8) is 0 Å². The zero-order chi connectivity index (χ0) is 18.7. The molecule has 2 aromatic rings. The Hall–Kier alpha value is -2.45. The summed E-state index contributed by atoms with van der Waals surface area (Å²) in [6.07, 6.45) is 0.910. The van der Waals surface area contributed by atoms with Crippen LogP contribution in [0.2, 0.25) is 0 Å². The van der Waals surface area contributed by atoms with Crippen LogP contribution in [0.25, 0.3) is 0 Å². The molecule has 1 aliphatic heterocycles. The first kappa shape index (κ1) is 18.3. The topological polar surface area (TPSA) is 75.7 Å². The molecule has 0 bridgehead atoms. The molecule has 8 heteroatoms. The Morgan fingerprint density at radius 2 is 2.00 bits per heavy atom. The first-order chi connectivity index (χ1) is 12.4. The summed E-state index contributed by atoms with van der Waals surface area (Å²) in [5.41, 5.74) is 0.504. The van der Waals surface area contributed by atoms with Gasteiger partial charge in [-0.3, -0.25) is 4.79 Å². The lowest BCUT2D eigenvalue weighted by molar-refractivity contribution is -0.119. The number of ether oxygens (including phenoxy) is 1. The Kier molecular flexibility index (Phi) is 5.24. The Balaban J connectivity index is 1.83. The number of nitrogens with zero attached hydrogens (tertiary/aromatic N) is 1. The monoisotopic (exact) mass is 378 g/mol. The zero-order valence-corrected chi connectivity index (χ0v) is 15.0. The SMILES string of the molecule is COc1cccc(NC(=O)C2CCCN2S(=O)(=O)c2ccccc2F)c1. The van der Waals surface area contributed by atoms with Gasteiger partial charge in [0.1, 0.15) is 22.5 Å². The Labute approximate surface area is 151 Å². The number of carbonyl (C=O) groups is 1. The molecule has 138 valence electrons. The molecule has 1 fully saturated rings. The number of benzene rings is 2. The van der Waals surface area contributed by atoms with Gasteiger partial charge < -0.3 is 10.1 Å². The minimum Gasteiger partial charge on any atom is -0.497 e. The van der Waals surface area contributed by atoms with Gasteiger partial charge >= 0.3 is 0 Å². The second-order valence-electron chi connectivity index (χ2n) is 5.93. The molecular formula is C18H19FN2O4S. The highest BCUT2D eigenvalue weighted by molar-refractivity contribution is 7.89. The van der Waals surface area contributed by atoms with E-state index in [0.29, 0.717) is 24.3 Å². The first-order valence-corrected chi connectivity index (χ1v) is 9.59. The molecule has 1 unspecified atom stereocenters. The van der Waals surface area contributed by atoms with Gasteiger partial charge in [0, 0.05) is 18.3 Å². The number of methoxy groups -OCH3 is 1. The molecule has 0 saturated carbocycles. The van der Waals surface area contributed by atoms with E-state index in [4.69, 9.17) is 4.74 Å². The van der Waals surface area contributed by atoms with Crippen LogP contribution in [0.1, 0.15) is 12.8 Å². The smallest absolute Gasteiger partial charge is 0.246 e. The zero-order valence-electron chi connectivity index (χ0n) is 14.2. The number of hydrogen-bond acceptors (Lipinski definition) is 4. The highest BCUT2D eigenvalue weighted by atomic mass is 32.2. The maximum Gasteiger partial charge on any atom is 0.246 e. The van der Waals surface area contributed by atoms with Crippen molar-refractivity contribution in [2.45, 2.75) is 23.8 Å². The van der Waals surface area contributed by atoms with Crippen LogP contribution >= 0.6 is 0 Å². The summed E-state index contributed by atoms with van der Waals surface area (Å²) in [5.74, 6) is -0.702. The third-order valence-electron chi connectivity index (χ3n) is 4.27. The van der Waals surface area contributed by atoms with E-state index >= 15 is 0 Å². The molecule has 1 N–H and O–H groups in total. The molecule has 26 heavy (non-hydrogen) atoms. The van der Waals surface area contributed by atoms with Crippen molar-refractivity contribution in [1.29, 1.82) is 0 Å². The summed E-state index contributed by atoms with van der Waals surface area (Å²) in [5, 5.41) is 2.71. The molecular weight excluding hydrogens is 359 g/mol. The van der Waals surface area contributed by atoms with Gasteiger partial charge in [-0.05, 0) is 37.1 Å². The van der Waals surface area contributed by atoms with Crippen LogP contribution in [0.15, 0.2) is 53.4 Å². The normalized spacial score (nSPS) is 17.8. The Bertz CT molecular complexity index is 917. The fourth-order valence-corrected chi connectivity index (χ4v) is 4.72. The lowest BCUT2D eigenvalue weighted by Gasteiger charge is -2.23. The molecule has 0 radical (unpaired) electrons. The number of sulfonamides is 1. The summed E-state index contributed by atoms with van der Waals surface area (Å²) in [4.78, 5) is 12.2. The molecule has 2 aromatic carbocycles. The fraction of sp³-hybridized carbons (Fsp3) is 0.278. The number of halogens is 1. The fourth-order valence-electron chi connectivity index (χ4n) is 3.00. The maximum absolute atomic E-state index is 14.0. The molecule has 1 saturated heterocycles. The molecule has 1 aliphatic rings. The summed E-state index contributed by atoms with van der Waals surface area (Å²) >= 11 is 0. The molecule has 3 rings (SSSR count). The van der Waals surface area contributed by atoms with Gasteiger partial charge in [-0.25, -0.2) is 12.8 Å². The van der Waals surface area contributed by atoms with Gasteiger partial charge in [-0.15, -0.1) is 0 Å². The third-order valence-corrected chi connectivity index (χ3v) is 6.21. The molecule has 0 aromatic heterocycles. The summed E-state index contributed by atoms with van der Waals surface area (Å²) < 4.78 is 45.8. The summed E-state index contributed by atoms with van der Waals surface area (Å²) in [7, 11) is -2.58. The van der Waals surface area contributed by atoms with Crippen LogP contribution in [0, 0.1) is 5.82 Å². The number of rotatable bonds is 5. The quantitative estimate of drug-likeness (QED) is 0.868. The highest BCUT2D eigenvalue weighted by Gasteiger charge is 2.40. The van der Waals surface area contributed by atoms with Gasteiger partial charge in [-0.2, -0.15) is 4.31 Å². The van der Waals surface area contributed by atoms with Crippen molar-refractivity contribution >= 4 is 21.6 Å². The lowest BCUT2D eigenvalue weighted by atomic mass is 10.2. The maximum atomic E-state index is 14.0. The van der Waals surface area contributed by atoms with Crippen LogP contribution in [-0.2, 0) is 14.8 Å². The number of nitrogens with one attached hydrogen (secondary N) is 1.